The number of ether oxygens (including phenoxy) is 1. The van der Waals surface area contributed by atoms with E-state index >= 15 is 0 Å². The van der Waals surface area contributed by atoms with Crippen LogP contribution in [0.4, 0.5) is 11.4 Å². The van der Waals surface area contributed by atoms with Crippen molar-refractivity contribution >= 4 is 28.7 Å². The zero-order valence-corrected chi connectivity index (χ0v) is 17.0. The van der Waals surface area contributed by atoms with Crippen LogP contribution in [0.15, 0.2) is 24.4 Å². The third kappa shape index (κ3) is 4.57. The highest BCUT2D eigenvalue weighted by atomic mass is 32.1. The molecule has 9 nitrogen and oxygen atoms in total. The van der Waals surface area contributed by atoms with E-state index in [1.54, 1.807) is 6.07 Å². The van der Waals surface area contributed by atoms with Crippen molar-refractivity contribution in [1.82, 2.24) is 19.6 Å². The van der Waals surface area contributed by atoms with E-state index in [2.05, 4.69) is 26.4 Å². The Bertz CT molecular complexity index is 876. The van der Waals surface area contributed by atoms with Crippen LogP contribution in [0.3, 0.4) is 0 Å². The highest BCUT2D eigenvalue weighted by molar-refractivity contribution is 7.80. The van der Waals surface area contributed by atoms with Crippen molar-refractivity contribution in [3.63, 3.8) is 0 Å². The lowest BCUT2D eigenvalue weighted by atomic mass is 10.2. The van der Waals surface area contributed by atoms with Gasteiger partial charge in [-0.15, -0.1) is 0 Å². The van der Waals surface area contributed by atoms with Gasteiger partial charge in [0.1, 0.15) is 5.75 Å². The summed E-state index contributed by atoms with van der Waals surface area (Å²) in [5, 5.41) is 19.1. The first-order chi connectivity index (χ1) is 13.4. The number of nitrogens with zero attached hydrogens (tertiary/aromatic N) is 5. The van der Waals surface area contributed by atoms with Crippen LogP contribution in [0.2, 0.25) is 0 Å². The second-order valence-corrected chi connectivity index (χ2v) is 7.14. The molecule has 1 saturated heterocycles. The number of aromatic nitrogens is 2. The Morgan fingerprint density at radius 2 is 2.07 bits per heavy atom. The monoisotopic (exact) mass is 404 g/mol. The van der Waals surface area contributed by atoms with Gasteiger partial charge < -0.3 is 15.0 Å². The van der Waals surface area contributed by atoms with Crippen molar-refractivity contribution in [3.05, 3.63) is 45.8 Å². The van der Waals surface area contributed by atoms with Gasteiger partial charge in [-0.1, -0.05) is 0 Å². The average Bonchev–Trinajstić information content (AvgIpc) is 2.99. The molecule has 2 heterocycles. The van der Waals surface area contributed by atoms with Crippen LogP contribution in [0, 0.1) is 17.0 Å². The maximum atomic E-state index is 10.9. The molecule has 1 N–H and O–H groups in total. The number of non-ortho nitro benzene ring substituents is 1. The maximum absolute atomic E-state index is 10.9. The van der Waals surface area contributed by atoms with Crippen LogP contribution in [0.5, 0.6) is 5.75 Å². The number of methoxy groups -OCH3 is 1. The number of piperazine rings is 1. The summed E-state index contributed by atoms with van der Waals surface area (Å²) in [4.78, 5) is 15.0. The van der Waals surface area contributed by atoms with Crippen molar-refractivity contribution in [2.45, 2.75) is 13.5 Å². The number of thiocarbonyl (C=S) groups is 1. The molecule has 0 unspecified atom stereocenters. The van der Waals surface area contributed by atoms with Gasteiger partial charge in [0.15, 0.2) is 5.11 Å². The fourth-order valence-electron chi connectivity index (χ4n) is 3.24. The Balaban J connectivity index is 1.57. The molecule has 0 atom stereocenters. The first-order valence-corrected chi connectivity index (χ1v) is 9.38. The van der Waals surface area contributed by atoms with Crippen molar-refractivity contribution in [2.24, 2.45) is 7.05 Å². The van der Waals surface area contributed by atoms with Crippen molar-refractivity contribution in [1.29, 1.82) is 0 Å². The number of anilines is 1. The minimum absolute atomic E-state index is 0.0207. The molecule has 1 aliphatic rings. The molecular weight excluding hydrogens is 380 g/mol. The minimum atomic E-state index is -0.451. The number of nitrogens with one attached hydrogen (secondary N) is 1. The number of hydrogen-bond donors (Lipinski definition) is 1. The Morgan fingerprint density at radius 3 is 2.64 bits per heavy atom. The zero-order valence-electron chi connectivity index (χ0n) is 16.2. The van der Waals surface area contributed by atoms with Gasteiger partial charge in [-0.3, -0.25) is 19.7 Å². The highest BCUT2D eigenvalue weighted by Gasteiger charge is 2.21. The van der Waals surface area contributed by atoms with E-state index in [0.29, 0.717) is 16.5 Å². The number of benzene rings is 1. The van der Waals surface area contributed by atoms with Crippen molar-refractivity contribution in [2.75, 3.05) is 38.6 Å². The lowest BCUT2D eigenvalue weighted by Crippen LogP contribution is -2.49. The molecule has 0 amide bonds. The van der Waals surface area contributed by atoms with Gasteiger partial charge in [-0.05, 0) is 25.2 Å². The molecule has 10 heteroatoms. The molecule has 150 valence electrons. The Hall–Kier alpha value is -2.72. The van der Waals surface area contributed by atoms with Gasteiger partial charge in [0.25, 0.3) is 5.69 Å². The van der Waals surface area contributed by atoms with Crippen LogP contribution < -0.4 is 10.1 Å². The Labute approximate surface area is 169 Å². The number of nitro groups is 1. The van der Waals surface area contributed by atoms with Crippen molar-refractivity contribution in [3.8, 4) is 5.75 Å². The molecule has 0 aliphatic carbocycles. The lowest BCUT2D eigenvalue weighted by molar-refractivity contribution is -0.384. The highest BCUT2D eigenvalue weighted by Crippen LogP contribution is 2.29. The number of aryl methyl sites for hydroxylation is 2. The van der Waals surface area contributed by atoms with E-state index in [4.69, 9.17) is 17.0 Å². The molecule has 0 radical (unpaired) electrons. The van der Waals surface area contributed by atoms with Gasteiger partial charge in [0, 0.05) is 57.6 Å². The van der Waals surface area contributed by atoms with Gasteiger partial charge in [-0.2, -0.15) is 5.10 Å². The summed E-state index contributed by atoms with van der Waals surface area (Å²) in [6, 6.07) is 4.44. The largest absolute Gasteiger partial charge is 0.494 e. The second kappa shape index (κ2) is 8.53. The summed E-state index contributed by atoms with van der Waals surface area (Å²) in [7, 11) is 3.41. The van der Waals surface area contributed by atoms with E-state index in [-0.39, 0.29) is 5.69 Å². The first kappa shape index (κ1) is 20.0. The zero-order chi connectivity index (χ0) is 20.3. The van der Waals surface area contributed by atoms with Crippen LogP contribution in [-0.4, -0.2) is 62.9 Å². The van der Waals surface area contributed by atoms with E-state index in [1.165, 1.54) is 24.8 Å². The molecule has 28 heavy (non-hydrogen) atoms. The molecule has 1 fully saturated rings. The molecule has 1 aromatic heterocycles. The van der Waals surface area contributed by atoms with E-state index in [1.807, 2.05) is 18.7 Å². The fourth-order valence-corrected chi connectivity index (χ4v) is 3.54. The predicted molar refractivity (Wildman–Crippen MR) is 111 cm³/mol. The fraction of sp³-hybridized carbons (Fsp3) is 0.444. The molecule has 2 aromatic rings. The molecule has 1 aliphatic heterocycles. The second-order valence-electron chi connectivity index (χ2n) is 6.75. The van der Waals surface area contributed by atoms with E-state index < -0.39 is 4.92 Å². The molecule has 0 bridgehead atoms. The smallest absolute Gasteiger partial charge is 0.273 e. The maximum Gasteiger partial charge on any atom is 0.273 e. The summed E-state index contributed by atoms with van der Waals surface area (Å²) in [5.41, 5.74) is 2.90. The Morgan fingerprint density at radius 1 is 1.36 bits per heavy atom. The summed E-state index contributed by atoms with van der Waals surface area (Å²) in [5.74, 6) is 0.391. The van der Waals surface area contributed by atoms with Crippen LogP contribution >= 0.6 is 12.2 Å². The molecule has 0 saturated carbocycles. The normalized spacial score (nSPS) is 14.8. The van der Waals surface area contributed by atoms with Gasteiger partial charge >= 0.3 is 0 Å². The van der Waals surface area contributed by atoms with E-state index in [9.17, 15) is 10.1 Å². The van der Waals surface area contributed by atoms with Gasteiger partial charge in [-0.25, -0.2) is 0 Å². The molecule has 1 aromatic carbocycles. The van der Waals surface area contributed by atoms with Crippen LogP contribution in [-0.2, 0) is 13.6 Å². The number of hydrogen-bond acceptors (Lipinski definition) is 6. The summed E-state index contributed by atoms with van der Waals surface area (Å²) < 4.78 is 7.10. The van der Waals surface area contributed by atoms with Gasteiger partial charge in [0.2, 0.25) is 0 Å². The Kier molecular flexibility index (Phi) is 6.10. The quantitative estimate of drug-likeness (QED) is 0.461. The third-order valence-electron chi connectivity index (χ3n) is 4.81. The molecular formula is C18H24N6O3S. The average molecular weight is 404 g/mol. The lowest BCUT2D eigenvalue weighted by Gasteiger charge is -2.36. The summed E-state index contributed by atoms with van der Waals surface area (Å²) >= 11 is 5.53. The predicted octanol–water partition coefficient (Wildman–Crippen LogP) is 2.16. The van der Waals surface area contributed by atoms with Crippen molar-refractivity contribution < 1.29 is 9.66 Å². The topological polar surface area (TPSA) is 88.7 Å². The third-order valence-corrected chi connectivity index (χ3v) is 5.17. The number of nitro benzene ring substituents is 1. The number of rotatable bonds is 5. The molecule has 3 rings (SSSR count). The van der Waals surface area contributed by atoms with Crippen LogP contribution in [0.1, 0.15) is 11.3 Å². The van der Waals surface area contributed by atoms with E-state index in [0.717, 1.165) is 38.4 Å². The SMILES string of the molecule is COc1cc([N+](=O)[O-])ccc1NC(=S)N1CCN(Cc2cn(C)nc2C)CC1. The first-order valence-electron chi connectivity index (χ1n) is 8.97. The van der Waals surface area contributed by atoms with Gasteiger partial charge in [0.05, 0.1) is 29.5 Å². The summed E-state index contributed by atoms with van der Waals surface area (Å²) in [6.45, 7) is 6.31. The standard InChI is InChI=1S/C18H24N6O3S/c1-13-14(11-21(2)20-13)12-22-6-8-23(9-7-22)18(28)19-16-5-4-15(24(25)26)10-17(16)27-3/h4-5,10-11H,6-9,12H2,1-3H3,(H,19,28). The molecule has 0 spiro atoms. The van der Waals surface area contributed by atoms with Crippen LogP contribution in [0.25, 0.3) is 0 Å². The minimum Gasteiger partial charge on any atom is -0.494 e. The summed E-state index contributed by atoms with van der Waals surface area (Å²) in [6.07, 6.45) is 2.06.